The van der Waals surface area contributed by atoms with Crippen LogP contribution in [0.1, 0.15) is 0 Å². The monoisotopic (exact) mass is 1040 g/mol. The number of para-hydroxylation sites is 2. The molecule has 0 saturated carbocycles. The summed E-state index contributed by atoms with van der Waals surface area (Å²) in [7, 11) is -6.18. The average molecular weight is 1040 g/mol. The van der Waals surface area contributed by atoms with Crippen LogP contribution in [0.2, 0.25) is 0 Å². The zero-order chi connectivity index (χ0) is 53.2. The highest BCUT2D eigenvalue weighted by atomic mass is 32.2. The van der Waals surface area contributed by atoms with Crippen molar-refractivity contribution in [3.8, 4) is 118 Å². The summed E-state index contributed by atoms with van der Waals surface area (Å²) in [5, 5.41) is 0. The summed E-state index contributed by atoms with van der Waals surface area (Å²) < 4.78 is 74.9. The molecule has 7 nitrogen and oxygen atoms in total. The Morgan fingerprint density at radius 1 is 0.321 bits per heavy atom. The second kappa shape index (κ2) is 20.7. The van der Waals surface area contributed by atoms with Gasteiger partial charge < -0.3 is 4.18 Å². The van der Waals surface area contributed by atoms with Gasteiger partial charge >= 0.3 is 15.6 Å². The molecular weight excluding hydrogens is 998 g/mol. The molecule has 0 bridgehead atoms. The van der Waals surface area contributed by atoms with Gasteiger partial charge in [-0.2, -0.15) is 21.6 Å². The van der Waals surface area contributed by atoms with E-state index in [9.17, 15) is 21.6 Å². The number of benzene rings is 9. The zero-order valence-corrected chi connectivity index (χ0v) is 42.2. The molecule has 0 aliphatic heterocycles. The van der Waals surface area contributed by atoms with Crippen molar-refractivity contribution in [2.75, 3.05) is 0 Å². The first-order chi connectivity index (χ1) is 38.0. The smallest absolute Gasteiger partial charge is 0.375 e. The van der Waals surface area contributed by atoms with Crippen molar-refractivity contribution < 1.29 is 25.8 Å². The maximum absolute atomic E-state index is 14.5. The number of rotatable bonds is 12. The molecule has 0 atom stereocenters. The minimum absolute atomic E-state index is 0.103. The minimum Gasteiger partial charge on any atom is -0.375 e. The zero-order valence-electron chi connectivity index (χ0n) is 41.4. The van der Waals surface area contributed by atoms with Crippen LogP contribution in [0, 0.1) is 0 Å². The fourth-order valence-corrected chi connectivity index (χ4v) is 10.3. The molecule has 0 spiro atoms. The van der Waals surface area contributed by atoms with E-state index >= 15 is 0 Å². The molecule has 0 saturated heterocycles. The number of hydrogen-bond donors (Lipinski definition) is 0. The predicted octanol–water partition coefficient (Wildman–Crippen LogP) is 17.3. The summed E-state index contributed by atoms with van der Waals surface area (Å²) in [6.45, 7) is 0. The van der Waals surface area contributed by atoms with Gasteiger partial charge in [0.25, 0.3) is 0 Å². The summed E-state index contributed by atoms with van der Waals surface area (Å²) in [4.78, 5) is 19.0. The lowest BCUT2D eigenvalue weighted by molar-refractivity contribution is -0.0499. The molecule has 78 heavy (non-hydrogen) atoms. The van der Waals surface area contributed by atoms with Gasteiger partial charge in [0.15, 0.2) is 5.75 Å². The van der Waals surface area contributed by atoms with Crippen molar-refractivity contribution in [3.05, 3.63) is 261 Å². The molecule has 0 unspecified atom stereocenters. The van der Waals surface area contributed by atoms with E-state index in [1.54, 1.807) is 42.7 Å². The summed E-state index contributed by atoms with van der Waals surface area (Å²) in [6, 6.07) is 79.1. The Balaban J connectivity index is 1.05. The van der Waals surface area contributed by atoms with Crippen LogP contribution in [0.5, 0.6) is 5.75 Å². The number of halogens is 3. The molecule has 9 aromatic carbocycles. The summed E-state index contributed by atoms with van der Waals surface area (Å²) >= 11 is 0. The van der Waals surface area contributed by atoms with Crippen LogP contribution in [-0.2, 0) is 10.1 Å². The quantitative estimate of drug-likeness (QED) is 0.0888. The van der Waals surface area contributed by atoms with Gasteiger partial charge in [0.1, 0.15) is 0 Å². The molecule has 3 aromatic heterocycles. The molecular formula is C67H43F3N4O3S. The van der Waals surface area contributed by atoms with Crippen LogP contribution in [0.15, 0.2) is 261 Å². The lowest BCUT2D eigenvalue weighted by Crippen LogP contribution is -2.28. The first kappa shape index (κ1) is 49.1. The van der Waals surface area contributed by atoms with E-state index in [1.165, 1.54) is 6.07 Å². The fraction of sp³-hybridized carbons (Fsp3) is 0.0149. The number of aromatic nitrogens is 4. The third kappa shape index (κ3) is 9.82. The highest BCUT2D eigenvalue weighted by Crippen LogP contribution is 2.46. The molecule has 0 radical (unpaired) electrons. The van der Waals surface area contributed by atoms with Gasteiger partial charge in [-0.15, -0.1) is 0 Å². The van der Waals surface area contributed by atoms with E-state index in [2.05, 4.69) is 101 Å². The second-order valence-corrected chi connectivity index (χ2v) is 20.0. The Hall–Kier alpha value is -9.84. The number of nitrogens with zero attached hydrogens (tertiary/aromatic N) is 4. The Kier molecular flexibility index (Phi) is 13.0. The molecule has 0 fully saturated rings. The van der Waals surface area contributed by atoms with Crippen LogP contribution in [0.4, 0.5) is 13.2 Å². The largest absolute Gasteiger partial charge is 0.534 e. The van der Waals surface area contributed by atoms with Gasteiger partial charge in [-0.1, -0.05) is 182 Å². The number of hydrogen-bond acceptors (Lipinski definition) is 7. The van der Waals surface area contributed by atoms with Crippen molar-refractivity contribution in [1.82, 2.24) is 19.9 Å². The first-order valence-electron chi connectivity index (χ1n) is 25.0. The third-order valence-corrected chi connectivity index (χ3v) is 14.6. The molecule has 0 N–H and O–H groups in total. The Morgan fingerprint density at radius 2 is 0.692 bits per heavy atom. The van der Waals surface area contributed by atoms with E-state index in [0.717, 1.165) is 67.0 Å². The van der Waals surface area contributed by atoms with Gasteiger partial charge in [-0.05, 0) is 128 Å². The predicted molar refractivity (Wildman–Crippen MR) is 305 cm³/mol. The number of fused-ring (bicyclic) bond motifs is 1. The highest BCUT2D eigenvalue weighted by Gasteiger charge is 2.49. The van der Waals surface area contributed by atoms with Crippen LogP contribution >= 0.6 is 0 Å². The number of alkyl halides is 3. The lowest BCUT2D eigenvalue weighted by atomic mass is 9.86. The fourth-order valence-electron chi connectivity index (χ4n) is 9.87. The molecule has 12 rings (SSSR count). The maximum Gasteiger partial charge on any atom is 0.534 e. The molecule has 0 amide bonds. The van der Waals surface area contributed by atoms with Gasteiger partial charge in [0.2, 0.25) is 0 Å². The van der Waals surface area contributed by atoms with Crippen LogP contribution < -0.4 is 4.18 Å². The SMILES string of the molecule is O=S(=O)(Oc1cc(-c2nc3ccccc3nc2-c2ccccc2)ccc1-c1ccccc1-c1cc(-c2ccccc2-c2ccc(-c3ccccn3)cc2)cc(-c2ccccc2-c2ccc(-c3ccccn3)cc2)c1)C(F)(F)F. The Bertz CT molecular complexity index is 4130. The first-order valence-corrected chi connectivity index (χ1v) is 26.4. The van der Waals surface area contributed by atoms with Crippen LogP contribution in [0.25, 0.3) is 123 Å². The molecule has 12 aromatic rings. The van der Waals surface area contributed by atoms with E-state index in [4.69, 9.17) is 14.2 Å². The van der Waals surface area contributed by atoms with Gasteiger partial charge in [-0.25, -0.2) is 9.97 Å². The van der Waals surface area contributed by atoms with Gasteiger partial charge in [-0.3, -0.25) is 9.97 Å². The van der Waals surface area contributed by atoms with E-state index in [-0.39, 0.29) is 5.56 Å². The van der Waals surface area contributed by atoms with Crippen molar-refractivity contribution in [1.29, 1.82) is 0 Å². The van der Waals surface area contributed by atoms with Gasteiger partial charge in [0, 0.05) is 40.2 Å². The molecule has 0 aliphatic rings. The van der Waals surface area contributed by atoms with Crippen molar-refractivity contribution in [3.63, 3.8) is 0 Å². The topological polar surface area (TPSA) is 94.9 Å². The van der Waals surface area contributed by atoms with E-state index in [0.29, 0.717) is 50.2 Å². The molecule has 0 aliphatic carbocycles. The summed E-state index contributed by atoms with van der Waals surface area (Å²) in [6.07, 6.45) is 3.54. The maximum atomic E-state index is 14.5. The van der Waals surface area contributed by atoms with Crippen LogP contribution in [-0.4, -0.2) is 33.9 Å². The summed E-state index contributed by atoms with van der Waals surface area (Å²) in [5.74, 6) is -0.540. The average Bonchev–Trinajstić information content (AvgIpc) is 3.53. The molecule has 11 heteroatoms. The van der Waals surface area contributed by atoms with E-state index in [1.807, 2.05) is 121 Å². The number of pyridine rings is 2. The Morgan fingerprint density at radius 3 is 1.14 bits per heavy atom. The second-order valence-electron chi connectivity index (χ2n) is 18.5. The summed E-state index contributed by atoms with van der Waals surface area (Å²) in [5.41, 5.74) is 10.1. The normalized spacial score (nSPS) is 11.6. The lowest BCUT2D eigenvalue weighted by Gasteiger charge is -2.19. The Labute approximate surface area is 448 Å². The van der Waals surface area contributed by atoms with Crippen molar-refractivity contribution in [2.45, 2.75) is 5.51 Å². The van der Waals surface area contributed by atoms with Crippen molar-refractivity contribution in [2.24, 2.45) is 0 Å². The van der Waals surface area contributed by atoms with Crippen LogP contribution in [0.3, 0.4) is 0 Å². The standard InChI is InChI=1S/C67H43F3N4O3S/c68-67(69,70)78(75,76)77-64-43-49(66-65(48-16-2-1-3-17-48)73-62-26-10-11-27-63(62)74-66)36-37-59(64)58-23-9-8-22-57(58)52-41-50(55-20-6-4-18-53(55)44-28-32-46(33-29-44)60-24-12-14-38-71-60)40-51(42-52)56-21-7-5-19-54(56)45-30-34-47(35-31-45)61-25-13-15-39-72-61/h1-43H. The van der Waals surface area contributed by atoms with E-state index < -0.39 is 21.4 Å². The molecule has 3 heterocycles. The highest BCUT2D eigenvalue weighted by molar-refractivity contribution is 7.88. The minimum atomic E-state index is -6.18. The third-order valence-electron chi connectivity index (χ3n) is 13.6. The van der Waals surface area contributed by atoms with Gasteiger partial charge in [0.05, 0.1) is 33.8 Å². The van der Waals surface area contributed by atoms with Crippen molar-refractivity contribution >= 4 is 21.2 Å². The molecule has 376 valence electrons.